The highest BCUT2D eigenvalue weighted by atomic mass is 19.1. The normalized spacial score (nSPS) is 26.6. The highest BCUT2D eigenvalue weighted by Gasteiger charge is 2.61. The minimum absolute atomic E-state index is 0.0198. The van der Waals surface area contributed by atoms with Crippen molar-refractivity contribution in [2.75, 3.05) is 36.0 Å². The molecule has 1 saturated carbocycles. The smallest absolute Gasteiger partial charge is 0.414 e. The van der Waals surface area contributed by atoms with Crippen LogP contribution in [0.15, 0.2) is 12.1 Å². The van der Waals surface area contributed by atoms with E-state index >= 15 is 0 Å². The topological polar surface area (TPSA) is 88.2 Å². The summed E-state index contributed by atoms with van der Waals surface area (Å²) in [5.74, 6) is -2.28. The number of halogens is 2. The van der Waals surface area contributed by atoms with Crippen LogP contribution >= 0.6 is 0 Å². The summed E-state index contributed by atoms with van der Waals surface area (Å²) >= 11 is 0. The van der Waals surface area contributed by atoms with Crippen molar-refractivity contribution >= 4 is 29.3 Å². The third-order valence-corrected chi connectivity index (χ3v) is 5.96. The average molecular weight is 451 g/mol. The number of hydrogen-bond donors (Lipinski definition) is 1. The number of nitrogens with zero attached hydrogens (tertiary/aromatic N) is 2. The highest BCUT2D eigenvalue weighted by molar-refractivity contribution is 5.90. The van der Waals surface area contributed by atoms with E-state index in [4.69, 9.17) is 9.47 Å². The van der Waals surface area contributed by atoms with Gasteiger partial charge >= 0.3 is 12.1 Å². The lowest BCUT2D eigenvalue weighted by molar-refractivity contribution is -0.157. The Labute approximate surface area is 184 Å². The van der Waals surface area contributed by atoms with Crippen molar-refractivity contribution in [3.63, 3.8) is 0 Å². The molecule has 0 bridgehead atoms. The number of anilines is 2. The van der Waals surface area contributed by atoms with Gasteiger partial charge in [0.2, 0.25) is 5.91 Å². The van der Waals surface area contributed by atoms with E-state index in [1.807, 2.05) is 0 Å². The predicted octanol–water partition coefficient (Wildman–Crippen LogP) is 2.45. The summed E-state index contributed by atoms with van der Waals surface area (Å²) in [5, 5.41) is 2.55. The first-order valence-corrected chi connectivity index (χ1v) is 10.6. The van der Waals surface area contributed by atoms with Gasteiger partial charge in [0, 0.05) is 32.1 Å². The first-order chi connectivity index (χ1) is 14.9. The van der Waals surface area contributed by atoms with Crippen LogP contribution in [0.4, 0.5) is 25.0 Å². The third-order valence-electron chi connectivity index (χ3n) is 5.96. The number of nitrogens with one attached hydrogen (secondary N) is 1. The number of piperidine rings is 1. The molecule has 1 N–H and O–H groups in total. The van der Waals surface area contributed by atoms with Gasteiger partial charge in [0.25, 0.3) is 0 Å². The van der Waals surface area contributed by atoms with Crippen molar-refractivity contribution in [2.24, 2.45) is 17.8 Å². The van der Waals surface area contributed by atoms with E-state index in [-0.39, 0.29) is 54.1 Å². The number of fused-ring (bicyclic) bond motifs is 1. The number of hydrogen-bond acceptors (Lipinski definition) is 6. The molecule has 174 valence electrons. The molecule has 1 aromatic rings. The Morgan fingerprint density at radius 1 is 1.16 bits per heavy atom. The second-order valence-corrected chi connectivity index (χ2v) is 9.60. The van der Waals surface area contributed by atoms with E-state index in [0.29, 0.717) is 13.1 Å². The van der Waals surface area contributed by atoms with Crippen molar-refractivity contribution in [3.05, 3.63) is 23.8 Å². The molecule has 4 atom stereocenters. The van der Waals surface area contributed by atoms with Gasteiger partial charge in [-0.05, 0) is 32.6 Å². The monoisotopic (exact) mass is 451 g/mol. The molecule has 2 heterocycles. The van der Waals surface area contributed by atoms with Gasteiger partial charge < -0.3 is 19.7 Å². The van der Waals surface area contributed by atoms with E-state index in [2.05, 4.69) is 5.32 Å². The molecule has 4 rings (SSSR count). The van der Waals surface area contributed by atoms with E-state index < -0.39 is 29.4 Å². The van der Waals surface area contributed by atoms with Crippen molar-refractivity contribution in [1.82, 2.24) is 5.32 Å². The molecule has 1 aliphatic carbocycles. The molecule has 2 amide bonds. The summed E-state index contributed by atoms with van der Waals surface area (Å²) in [6.45, 7) is 7.69. The molecule has 1 aromatic carbocycles. The molecule has 2 aliphatic heterocycles. The SMILES string of the molecule is CC(=O)NC[C@H]1CN(c2cc(F)c(N3C[C@@H]4C(C(=O)OC(C)(C)C)[C@@H]4C3)c(F)c2)C(=O)O1. The lowest BCUT2D eigenvalue weighted by atomic mass is 10.1. The first-order valence-electron chi connectivity index (χ1n) is 10.6. The molecular formula is C22H27F2N3O5. The largest absolute Gasteiger partial charge is 0.460 e. The van der Waals surface area contributed by atoms with Crippen molar-refractivity contribution in [1.29, 1.82) is 0 Å². The summed E-state index contributed by atoms with van der Waals surface area (Å²) < 4.78 is 40.4. The Morgan fingerprint density at radius 3 is 2.28 bits per heavy atom. The quantitative estimate of drug-likeness (QED) is 0.692. The van der Waals surface area contributed by atoms with Gasteiger partial charge in [-0.3, -0.25) is 14.5 Å². The van der Waals surface area contributed by atoms with Crippen LogP contribution in [0, 0.1) is 29.4 Å². The van der Waals surface area contributed by atoms with Crippen LogP contribution in [0.25, 0.3) is 0 Å². The second kappa shape index (κ2) is 7.90. The van der Waals surface area contributed by atoms with Gasteiger partial charge in [0.15, 0.2) is 11.6 Å². The lowest BCUT2D eigenvalue weighted by Crippen LogP contribution is -2.33. The Hall–Kier alpha value is -2.91. The van der Waals surface area contributed by atoms with Crippen LogP contribution in [0.3, 0.4) is 0 Å². The molecule has 2 saturated heterocycles. The first kappa shape index (κ1) is 22.3. The molecule has 8 nitrogen and oxygen atoms in total. The number of rotatable bonds is 5. The van der Waals surface area contributed by atoms with E-state index in [1.54, 1.807) is 25.7 Å². The lowest BCUT2D eigenvalue weighted by Gasteiger charge is -2.25. The van der Waals surface area contributed by atoms with Crippen molar-refractivity contribution in [2.45, 2.75) is 39.4 Å². The summed E-state index contributed by atoms with van der Waals surface area (Å²) in [6, 6.07) is 2.21. The predicted molar refractivity (Wildman–Crippen MR) is 111 cm³/mol. The number of benzene rings is 1. The second-order valence-electron chi connectivity index (χ2n) is 9.60. The zero-order valence-electron chi connectivity index (χ0n) is 18.5. The molecule has 0 spiro atoms. The molecule has 32 heavy (non-hydrogen) atoms. The number of esters is 1. The van der Waals surface area contributed by atoms with Crippen LogP contribution in [-0.2, 0) is 19.1 Å². The average Bonchev–Trinajstić information content (AvgIpc) is 2.98. The number of amides is 2. The van der Waals surface area contributed by atoms with Gasteiger partial charge in [-0.2, -0.15) is 0 Å². The fourth-order valence-electron chi connectivity index (χ4n) is 4.53. The van der Waals surface area contributed by atoms with E-state index in [9.17, 15) is 23.2 Å². The van der Waals surface area contributed by atoms with Crippen molar-refractivity contribution < 1.29 is 32.6 Å². The van der Waals surface area contributed by atoms with Crippen LogP contribution in [0.1, 0.15) is 27.7 Å². The van der Waals surface area contributed by atoms with Crippen molar-refractivity contribution in [3.8, 4) is 0 Å². The zero-order valence-corrected chi connectivity index (χ0v) is 18.5. The standard InChI is InChI=1S/C22H27F2N3O5/c1-11(28)25-7-13-8-27(21(30)31-13)12-5-16(23)19(17(24)6-12)26-9-14-15(10-26)18(14)20(29)32-22(2,3)4/h5-6,13-15,18H,7-10H2,1-4H3,(H,25,28)/t13-,14-,15+,18?/m0/s1. The van der Waals surface area contributed by atoms with E-state index in [0.717, 1.165) is 17.0 Å². The zero-order chi connectivity index (χ0) is 23.4. The Balaban J connectivity index is 1.41. The van der Waals surface area contributed by atoms with Gasteiger partial charge in [-0.15, -0.1) is 0 Å². The summed E-state index contributed by atoms with van der Waals surface area (Å²) in [6.07, 6.45) is -1.33. The molecule has 1 unspecified atom stereocenters. The molecule has 10 heteroatoms. The summed E-state index contributed by atoms with van der Waals surface area (Å²) in [7, 11) is 0. The summed E-state index contributed by atoms with van der Waals surface area (Å²) in [4.78, 5) is 38.2. The molecular weight excluding hydrogens is 424 g/mol. The maximum absolute atomic E-state index is 14.9. The van der Waals surface area contributed by atoms with Crippen LogP contribution < -0.4 is 15.1 Å². The third kappa shape index (κ3) is 4.35. The van der Waals surface area contributed by atoms with Crippen LogP contribution in [-0.4, -0.2) is 55.9 Å². The number of carbonyl (C=O) groups is 3. The number of cyclic esters (lactones) is 1. The fraction of sp³-hybridized carbons (Fsp3) is 0.591. The number of ether oxygens (including phenoxy) is 2. The fourth-order valence-corrected chi connectivity index (χ4v) is 4.53. The van der Waals surface area contributed by atoms with Crippen LogP contribution in [0.5, 0.6) is 0 Å². The number of carbonyl (C=O) groups excluding carboxylic acids is 3. The molecule has 0 aromatic heterocycles. The van der Waals surface area contributed by atoms with Gasteiger partial charge in [0.1, 0.15) is 17.4 Å². The van der Waals surface area contributed by atoms with E-state index in [1.165, 1.54) is 6.92 Å². The molecule has 0 radical (unpaired) electrons. The van der Waals surface area contributed by atoms with Gasteiger partial charge in [-0.1, -0.05) is 0 Å². The minimum Gasteiger partial charge on any atom is -0.460 e. The highest BCUT2D eigenvalue weighted by Crippen LogP contribution is 2.54. The van der Waals surface area contributed by atoms with Gasteiger partial charge in [0.05, 0.1) is 24.7 Å². The molecule has 3 aliphatic rings. The summed E-state index contributed by atoms with van der Waals surface area (Å²) in [5.41, 5.74) is -0.680. The van der Waals surface area contributed by atoms with Gasteiger partial charge in [-0.25, -0.2) is 13.6 Å². The maximum atomic E-state index is 14.9. The Bertz CT molecular complexity index is 928. The van der Waals surface area contributed by atoms with Crippen LogP contribution in [0.2, 0.25) is 0 Å². The Kier molecular flexibility index (Phi) is 5.50. The Morgan fingerprint density at radius 2 is 1.75 bits per heavy atom. The minimum atomic E-state index is -0.784. The maximum Gasteiger partial charge on any atom is 0.414 e. The molecule has 3 fully saturated rings.